The molecule has 1 aliphatic rings. The van der Waals surface area contributed by atoms with E-state index < -0.39 is 17.7 Å². The van der Waals surface area contributed by atoms with E-state index in [4.69, 9.17) is 14.6 Å². The highest BCUT2D eigenvalue weighted by Gasteiger charge is 2.31. The van der Waals surface area contributed by atoms with E-state index in [0.29, 0.717) is 75.6 Å². The van der Waals surface area contributed by atoms with E-state index in [2.05, 4.69) is 20.3 Å². The summed E-state index contributed by atoms with van der Waals surface area (Å²) in [5, 5.41) is 11.7. The van der Waals surface area contributed by atoms with Crippen molar-refractivity contribution in [1.29, 1.82) is 0 Å². The van der Waals surface area contributed by atoms with Gasteiger partial charge >= 0.3 is 18.2 Å². The Labute approximate surface area is 229 Å². The highest BCUT2D eigenvalue weighted by molar-refractivity contribution is 5.67. The van der Waals surface area contributed by atoms with Gasteiger partial charge < -0.3 is 29.7 Å². The van der Waals surface area contributed by atoms with Crippen molar-refractivity contribution < 1.29 is 32.5 Å². The lowest BCUT2D eigenvalue weighted by atomic mass is 10.1. The number of nitrogens with zero attached hydrogens (tertiary/aromatic N) is 5. The maximum Gasteiger partial charge on any atom is 0.416 e. The molecule has 0 aliphatic carbocycles. The molecule has 2 aromatic carbocycles. The first kappa shape index (κ1) is 28.7. The monoisotopic (exact) mass is 560 g/mol. The van der Waals surface area contributed by atoms with E-state index in [0.717, 1.165) is 11.6 Å². The molecule has 0 saturated carbocycles. The molecule has 13 heteroatoms. The topological polar surface area (TPSA) is 113 Å². The number of aliphatic carboxylic acids is 1. The van der Waals surface area contributed by atoms with Gasteiger partial charge in [0.2, 0.25) is 11.9 Å². The van der Waals surface area contributed by atoms with Crippen LogP contribution in [0.1, 0.15) is 24.0 Å². The average molecular weight is 561 g/mol. The lowest BCUT2D eigenvalue weighted by molar-refractivity contribution is -0.138. The molecule has 1 aliphatic heterocycles. The summed E-state index contributed by atoms with van der Waals surface area (Å²) in [6.07, 6.45) is -3.25. The normalized spacial score (nSPS) is 13.7. The number of hydrogen-bond donors (Lipinski definition) is 2. The van der Waals surface area contributed by atoms with Gasteiger partial charge in [0.25, 0.3) is 0 Å². The number of nitrogens with one attached hydrogen (secondary N) is 1. The summed E-state index contributed by atoms with van der Waals surface area (Å²) in [5.74, 6) is 0.629. The molecule has 0 amide bonds. The second-order valence-corrected chi connectivity index (χ2v) is 9.10. The van der Waals surface area contributed by atoms with Gasteiger partial charge in [-0.1, -0.05) is 18.2 Å². The smallest absolute Gasteiger partial charge is 0.416 e. The minimum Gasteiger partial charge on any atom is -0.493 e. The Bertz CT molecular complexity index is 1270. The Morgan fingerprint density at radius 1 is 0.975 bits per heavy atom. The third-order valence-electron chi connectivity index (χ3n) is 6.27. The van der Waals surface area contributed by atoms with Crippen molar-refractivity contribution in [2.45, 2.75) is 25.4 Å². The fourth-order valence-corrected chi connectivity index (χ4v) is 4.12. The van der Waals surface area contributed by atoms with E-state index in [1.807, 2.05) is 34.1 Å². The second-order valence-electron chi connectivity index (χ2n) is 9.10. The Morgan fingerprint density at radius 2 is 1.68 bits per heavy atom. The van der Waals surface area contributed by atoms with Crippen LogP contribution >= 0.6 is 0 Å². The number of alkyl halides is 3. The van der Waals surface area contributed by atoms with Crippen molar-refractivity contribution in [2.24, 2.45) is 0 Å². The average Bonchev–Trinajstić information content (AvgIpc) is 2.96. The molecule has 2 heterocycles. The van der Waals surface area contributed by atoms with Gasteiger partial charge in [0, 0.05) is 51.8 Å². The lowest BCUT2D eigenvalue weighted by Gasteiger charge is -2.36. The number of aromatic nitrogens is 3. The molecule has 0 bridgehead atoms. The van der Waals surface area contributed by atoms with Crippen molar-refractivity contribution >= 4 is 23.6 Å². The number of carboxylic acids is 1. The van der Waals surface area contributed by atoms with Crippen LogP contribution in [0.5, 0.6) is 11.8 Å². The summed E-state index contributed by atoms with van der Waals surface area (Å²) >= 11 is 0. The molecule has 0 atom stereocenters. The Hall–Kier alpha value is -4.29. The van der Waals surface area contributed by atoms with Crippen LogP contribution in [0.2, 0.25) is 0 Å². The molecule has 214 valence electrons. The fourth-order valence-electron chi connectivity index (χ4n) is 4.12. The lowest BCUT2D eigenvalue weighted by Crippen LogP contribution is -2.47. The number of piperazine rings is 1. The number of benzene rings is 2. The first-order chi connectivity index (χ1) is 19.2. The predicted octanol–water partition coefficient (Wildman–Crippen LogP) is 4.12. The van der Waals surface area contributed by atoms with Crippen molar-refractivity contribution in [3.63, 3.8) is 0 Å². The predicted molar refractivity (Wildman–Crippen MR) is 143 cm³/mol. The summed E-state index contributed by atoms with van der Waals surface area (Å²) in [4.78, 5) is 27.7. The van der Waals surface area contributed by atoms with Crippen LogP contribution in [0.4, 0.5) is 30.8 Å². The molecule has 1 saturated heterocycles. The number of ether oxygens (including phenoxy) is 2. The zero-order valence-corrected chi connectivity index (χ0v) is 22.0. The number of hydrogen-bond acceptors (Lipinski definition) is 9. The minimum absolute atomic E-state index is 0.0849. The number of carboxylic acid groups (broad SMARTS) is 1. The number of anilines is 3. The van der Waals surface area contributed by atoms with Crippen LogP contribution in [0.25, 0.3) is 0 Å². The molecule has 40 heavy (non-hydrogen) atoms. The van der Waals surface area contributed by atoms with Crippen LogP contribution in [0.3, 0.4) is 0 Å². The van der Waals surface area contributed by atoms with Crippen LogP contribution < -0.4 is 24.6 Å². The van der Waals surface area contributed by atoms with Gasteiger partial charge in [-0.2, -0.15) is 28.1 Å². The van der Waals surface area contributed by atoms with Gasteiger partial charge in [-0.05, 0) is 42.3 Å². The number of halogens is 3. The Balaban J connectivity index is 1.26. The minimum atomic E-state index is -4.38. The van der Waals surface area contributed by atoms with E-state index in [9.17, 15) is 18.0 Å². The van der Waals surface area contributed by atoms with Crippen molar-refractivity contribution in [3.05, 3.63) is 59.7 Å². The van der Waals surface area contributed by atoms with E-state index in [1.165, 1.54) is 12.1 Å². The zero-order valence-electron chi connectivity index (χ0n) is 22.0. The SMILES string of the molecule is CNc1nc(OCCCOc2ccc(CCC(=O)O)cc2)nc(N2CCN(c3cccc(C(F)(F)F)c3)CC2)n1. The highest BCUT2D eigenvalue weighted by Crippen LogP contribution is 2.32. The quantitative estimate of drug-likeness (QED) is 0.314. The molecule has 0 spiro atoms. The van der Waals surface area contributed by atoms with Crippen LogP contribution in [0.15, 0.2) is 48.5 Å². The largest absolute Gasteiger partial charge is 0.493 e. The van der Waals surface area contributed by atoms with Gasteiger partial charge in [-0.25, -0.2) is 0 Å². The van der Waals surface area contributed by atoms with Gasteiger partial charge in [-0.15, -0.1) is 0 Å². The standard InChI is InChI=1S/C27H31F3N6O4/c1-31-24-32-25(36-14-12-35(13-15-36)21-5-2-4-20(18-21)27(28,29)30)34-26(33-24)40-17-3-16-39-22-9-6-19(7-10-22)8-11-23(37)38/h2,4-7,9-10,18H,3,8,11-17H2,1H3,(H,37,38)(H,31,32,33,34). The Morgan fingerprint density at radius 3 is 2.35 bits per heavy atom. The maximum absolute atomic E-state index is 13.1. The maximum atomic E-state index is 13.1. The molecule has 3 aromatic rings. The highest BCUT2D eigenvalue weighted by atomic mass is 19.4. The molecule has 1 aromatic heterocycles. The summed E-state index contributed by atoms with van der Waals surface area (Å²) in [6, 6.07) is 12.8. The first-order valence-corrected chi connectivity index (χ1v) is 12.9. The summed E-state index contributed by atoms with van der Waals surface area (Å²) in [5.41, 5.74) is 0.796. The van der Waals surface area contributed by atoms with Gasteiger partial charge in [0.15, 0.2) is 0 Å². The third-order valence-corrected chi connectivity index (χ3v) is 6.27. The van der Waals surface area contributed by atoms with Gasteiger partial charge in [0.1, 0.15) is 5.75 Å². The zero-order chi connectivity index (χ0) is 28.5. The van der Waals surface area contributed by atoms with E-state index in [-0.39, 0.29) is 12.4 Å². The van der Waals surface area contributed by atoms with Crippen molar-refractivity contribution in [3.8, 4) is 11.8 Å². The number of carbonyl (C=O) groups is 1. The van der Waals surface area contributed by atoms with Crippen LogP contribution in [0, 0.1) is 0 Å². The molecule has 10 nitrogen and oxygen atoms in total. The van der Waals surface area contributed by atoms with Gasteiger partial charge in [-0.3, -0.25) is 4.79 Å². The Kier molecular flexibility index (Phi) is 9.46. The molecular formula is C27H31F3N6O4. The molecule has 2 N–H and O–H groups in total. The van der Waals surface area contributed by atoms with Crippen LogP contribution in [-0.2, 0) is 17.4 Å². The fraction of sp³-hybridized carbons (Fsp3) is 0.407. The van der Waals surface area contributed by atoms with E-state index >= 15 is 0 Å². The summed E-state index contributed by atoms with van der Waals surface area (Å²) in [6.45, 7) is 2.78. The van der Waals surface area contributed by atoms with Crippen molar-refractivity contribution in [1.82, 2.24) is 15.0 Å². The molecule has 0 radical (unpaired) electrons. The first-order valence-electron chi connectivity index (χ1n) is 12.9. The van der Waals surface area contributed by atoms with Crippen molar-refractivity contribution in [2.75, 3.05) is 61.6 Å². The van der Waals surface area contributed by atoms with Gasteiger partial charge in [0.05, 0.1) is 18.8 Å². The molecule has 4 rings (SSSR count). The third kappa shape index (κ3) is 8.10. The summed E-state index contributed by atoms with van der Waals surface area (Å²) < 4.78 is 50.8. The second kappa shape index (κ2) is 13.2. The molecule has 1 fully saturated rings. The number of aryl methyl sites for hydroxylation is 1. The summed E-state index contributed by atoms with van der Waals surface area (Å²) in [7, 11) is 1.69. The number of rotatable bonds is 12. The van der Waals surface area contributed by atoms with Crippen LogP contribution in [-0.4, -0.2) is 72.5 Å². The van der Waals surface area contributed by atoms with E-state index in [1.54, 1.807) is 13.1 Å². The molecular weight excluding hydrogens is 529 g/mol. The molecule has 0 unspecified atom stereocenters.